The molecule has 2 saturated heterocycles. The van der Waals surface area contributed by atoms with Crippen molar-refractivity contribution in [2.75, 3.05) is 37.6 Å². The summed E-state index contributed by atoms with van der Waals surface area (Å²) in [6, 6.07) is 4.78. The predicted octanol–water partition coefficient (Wildman–Crippen LogP) is 1.54. The van der Waals surface area contributed by atoms with Gasteiger partial charge in [0.25, 0.3) is 5.91 Å². The van der Waals surface area contributed by atoms with Gasteiger partial charge in [-0.15, -0.1) is 0 Å². The quantitative estimate of drug-likeness (QED) is 0.763. The third-order valence-corrected chi connectivity index (χ3v) is 7.24. The maximum absolute atomic E-state index is 13.0. The van der Waals surface area contributed by atoms with E-state index in [0.717, 1.165) is 50.9 Å². The molecule has 1 aromatic carbocycles. The Kier molecular flexibility index (Phi) is 6.39. The minimum absolute atomic E-state index is 0.175. The first-order chi connectivity index (χ1) is 12.9. The second-order valence-corrected chi connectivity index (χ2v) is 9.39. The van der Waals surface area contributed by atoms with Gasteiger partial charge >= 0.3 is 0 Å². The second kappa shape index (κ2) is 8.58. The summed E-state index contributed by atoms with van der Waals surface area (Å²) in [7, 11) is -3.58. The molecule has 2 heterocycles. The van der Waals surface area contributed by atoms with Gasteiger partial charge in [0.2, 0.25) is 10.0 Å². The van der Waals surface area contributed by atoms with Gasteiger partial charge in [-0.3, -0.25) is 4.79 Å². The molecule has 3 rings (SSSR count). The molecule has 0 saturated carbocycles. The molecule has 0 bridgehead atoms. The Balaban J connectivity index is 1.96. The van der Waals surface area contributed by atoms with Crippen LogP contribution < -0.4 is 16.0 Å². The van der Waals surface area contributed by atoms with E-state index in [0.29, 0.717) is 25.2 Å². The number of piperidine rings is 1. The zero-order valence-corrected chi connectivity index (χ0v) is 16.8. The van der Waals surface area contributed by atoms with Gasteiger partial charge in [0.1, 0.15) is 0 Å². The lowest BCUT2D eigenvalue weighted by molar-refractivity contribution is 0.0941. The van der Waals surface area contributed by atoms with E-state index in [-0.39, 0.29) is 16.8 Å². The Hall–Kier alpha value is -1.64. The van der Waals surface area contributed by atoms with Gasteiger partial charge in [-0.05, 0) is 50.8 Å². The zero-order chi connectivity index (χ0) is 19.4. The Morgan fingerprint density at radius 3 is 2.37 bits per heavy atom. The number of nitrogens with two attached hydrogens (primary N) is 1. The molecule has 3 N–H and O–H groups in total. The lowest BCUT2D eigenvalue weighted by atomic mass is 10.1. The van der Waals surface area contributed by atoms with Gasteiger partial charge in [0.05, 0.1) is 10.5 Å². The predicted molar refractivity (Wildman–Crippen MR) is 106 cm³/mol. The van der Waals surface area contributed by atoms with Crippen molar-refractivity contribution in [2.24, 2.45) is 5.73 Å². The van der Waals surface area contributed by atoms with E-state index in [1.807, 2.05) is 6.92 Å². The Morgan fingerprint density at radius 2 is 1.74 bits per heavy atom. The highest BCUT2D eigenvalue weighted by Crippen LogP contribution is 2.29. The molecule has 0 radical (unpaired) electrons. The number of anilines is 1. The van der Waals surface area contributed by atoms with Crippen molar-refractivity contribution in [3.63, 3.8) is 0 Å². The summed E-state index contributed by atoms with van der Waals surface area (Å²) in [6.07, 6.45) is 4.98. The smallest absolute Gasteiger partial charge is 0.253 e. The van der Waals surface area contributed by atoms with Crippen LogP contribution >= 0.6 is 0 Å². The number of rotatable bonds is 6. The van der Waals surface area contributed by atoms with Crippen molar-refractivity contribution in [3.8, 4) is 0 Å². The van der Waals surface area contributed by atoms with Crippen LogP contribution in [0.1, 0.15) is 49.4 Å². The van der Waals surface area contributed by atoms with Crippen LogP contribution in [-0.2, 0) is 10.0 Å². The fraction of sp³-hybridized carbons (Fsp3) is 0.632. The zero-order valence-electron chi connectivity index (χ0n) is 16.0. The maximum Gasteiger partial charge on any atom is 0.253 e. The van der Waals surface area contributed by atoms with Crippen molar-refractivity contribution >= 4 is 21.6 Å². The summed E-state index contributed by atoms with van der Waals surface area (Å²) < 4.78 is 27.6. The summed E-state index contributed by atoms with van der Waals surface area (Å²) >= 11 is 0. The van der Waals surface area contributed by atoms with Gasteiger partial charge < -0.3 is 16.0 Å². The first kappa shape index (κ1) is 20.1. The second-order valence-electron chi connectivity index (χ2n) is 7.45. The number of carbonyl (C=O) groups is 1. The van der Waals surface area contributed by atoms with Crippen LogP contribution in [0.5, 0.6) is 0 Å². The van der Waals surface area contributed by atoms with Crippen LogP contribution in [0.15, 0.2) is 23.1 Å². The number of nitrogens with one attached hydrogen (secondary N) is 1. The van der Waals surface area contributed by atoms with Crippen LogP contribution in [0.2, 0.25) is 0 Å². The van der Waals surface area contributed by atoms with Crippen LogP contribution in [0, 0.1) is 0 Å². The van der Waals surface area contributed by atoms with Crippen LogP contribution in [0.25, 0.3) is 0 Å². The number of hydrogen-bond acceptors (Lipinski definition) is 5. The van der Waals surface area contributed by atoms with E-state index in [1.165, 1.54) is 10.4 Å². The summed E-state index contributed by atoms with van der Waals surface area (Å²) in [6.45, 7) is 5.01. The number of carbonyl (C=O) groups excluding carboxylic acids is 1. The van der Waals surface area contributed by atoms with Gasteiger partial charge in [0, 0.05) is 44.5 Å². The molecular formula is C19H30N4O3S. The first-order valence-electron chi connectivity index (χ1n) is 9.83. The molecule has 7 nitrogen and oxygen atoms in total. The third kappa shape index (κ3) is 4.44. The van der Waals surface area contributed by atoms with Gasteiger partial charge in [-0.1, -0.05) is 6.42 Å². The lowest BCUT2D eigenvalue weighted by Gasteiger charge is -2.27. The summed E-state index contributed by atoms with van der Waals surface area (Å²) in [4.78, 5) is 15.2. The standard InChI is InChI=1S/C19H30N4O3S/c1-15(14-20)21-19(24)17-13-16(7-8-18(17)22-9-5-6-10-22)27(25,26)23-11-3-2-4-12-23/h7-8,13,15H,2-6,9-12,14,20H2,1H3,(H,21,24)/t15-/m0/s1. The number of amides is 1. The van der Waals surface area contributed by atoms with E-state index in [4.69, 9.17) is 5.73 Å². The molecule has 1 amide bonds. The van der Waals surface area contributed by atoms with E-state index in [2.05, 4.69) is 10.2 Å². The van der Waals surface area contributed by atoms with E-state index in [9.17, 15) is 13.2 Å². The molecule has 0 aromatic heterocycles. The fourth-order valence-electron chi connectivity index (χ4n) is 3.71. The summed E-state index contributed by atoms with van der Waals surface area (Å²) in [5, 5.41) is 2.87. The highest BCUT2D eigenvalue weighted by Gasteiger charge is 2.29. The molecule has 0 unspecified atom stereocenters. The SMILES string of the molecule is C[C@@H](CN)NC(=O)c1cc(S(=O)(=O)N2CCCCC2)ccc1N1CCCC1. The Labute approximate surface area is 161 Å². The molecule has 1 aromatic rings. The molecule has 2 aliphatic heterocycles. The summed E-state index contributed by atoms with van der Waals surface area (Å²) in [5.74, 6) is -0.273. The minimum atomic E-state index is -3.58. The molecule has 150 valence electrons. The van der Waals surface area contributed by atoms with Crippen molar-refractivity contribution in [2.45, 2.75) is 50.0 Å². The van der Waals surface area contributed by atoms with E-state index in [1.54, 1.807) is 12.1 Å². The Morgan fingerprint density at radius 1 is 1.11 bits per heavy atom. The van der Waals surface area contributed by atoms with Gasteiger partial charge in [-0.25, -0.2) is 8.42 Å². The van der Waals surface area contributed by atoms with Crippen LogP contribution in [0.4, 0.5) is 5.69 Å². The molecule has 27 heavy (non-hydrogen) atoms. The van der Waals surface area contributed by atoms with E-state index < -0.39 is 10.0 Å². The van der Waals surface area contributed by atoms with Crippen molar-refractivity contribution in [1.29, 1.82) is 0 Å². The normalized spacial score (nSPS) is 19.9. The number of hydrogen-bond donors (Lipinski definition) is 2. The molecule has 8 heteroatoms. The topological polar surface area (TPSA) is 95.7 Å². The fourth-order valence-corrected chi connectivity index (χ4v) is 5.25. The van der Waals surface area contributed by atoms with Crippen molar-refractivity contribution in [3.05, 3.63) is 23.8 Å². The summed E-state index contributed by atoms with van der Waals surface area (Å²) in [5.41, 5.74) is 6.84. The number of sulfonamides is 1. The first-order valence-corrected chi connectivity index (χ1v) is 11.3. The van der Waals surface area contributed by atoms with Crippen LogP contribution in [-0.4, -0.2) is 57.4 Å². The van der Waals surface area contributed by atoms with Crippen molar-refractivity contribution < 1.29 is 13.2 Å². The molecule has 0 spiro atoms. The third-order valence-electron chi connectivity index (χ3n) is 5.34. The lowest BCUT2D eigenvalue weighted by Crippen LogP contribution is -2.39. The highest BCUT2D eigenvalue weighted by atomic mass is 32.2. The molecular weight excluding hydrogens is 364 g/mol. The minimum Gasteiger partial charge on any atom is -0.371 e. The van der Waals surface area contributed by atoms with E-state index >= 15 is 0 Å². The Bertz CT molecular complexity index is 769. The molecule has 0 aliphatic carbocycles. The largest absolute Gasteiger partial charge is 0.371 e. The number of benzene rings is 1. The molecule has 2 aliphatic rings. The number of nitrogens with zero attached hydrogens (tertiary/aromatic N) is 2. The van der Waals surface area contributed by atoms with Crippen molar-refractivity contribution in [1.82, 2.24) is 9.62 Å². The van der Waals surface area contributed by atoms with Gasteiger partial charge in [0.15, 0.2) is 0 Å². The molecule has 1 atom stereocenters. The average molecular weight is 395 g/mol. The van der Waals surface area contributed by atoms with Gasteiger partial charge in [-0.2, -0.15) is 4.31 Å². The van der Waals surface area contributed by atoms with Crippen LogP contribution in [0.3, 0.4) is 0 Å². The molecule has 2 fully saturated rings. The maximum atomic E-state index is 13.0. The average Bonchev–Trinajstić information content (AvgIpc) is 3.22. The highest BCUT2D eigenvalue weighted by molar-refractivity contribution is 7.89. The monoisotopic (exact) mass is 394 g/mol.